The van der Waals surface area contributed by atoms with Crippen molar-refractivity contribution in [3.63, 3.8) is 0 Å². The minimum atomic E-state index is -4.51. The topological polar surface area (TPSA) is 46.2 Å². The summed E-state index contributed by atoms with van der Waals surface area (Å²) in [6, 6.07) is 12.2. The Hall–Kier alpha value is -2.15. The molecule has 1 N–H and O–H groups in total. The number of nitrogens with one attached hydrogen (secondary N) is 1. The van der Waals surface area contributed by atoms with Crippen LogP contribution >= 0.6 is 0 Å². The summed E-state index contributed by atoms with van der Waals surface area (Å²) in [5.41, 5.74) is 0.785. The number of alkyl halides is 3. The molecule has 1 amide bonds. The number of halogens is 3. The average molecular weight is 369 g/mol. The van der Waals surface area contributed by atoms with Gasteiger partial charge in [0, 0.05) is 22.2 Å². The van der Waals surface area contributed by atoms with Crippen molar-refractivity contribution < 1.29 is 22.2 Å². The first-order valence-electron chi connectivity index (χ1n) is 7.68. The zero-order chi connectivity index (χ0) is 18.4. The van der Waals surface area contributed by atoms with Crippen LogP contribution in [0, 0.1) is 0 Å². The molecular weight excluding hydrogens is 351 g/mol. The Morgan fingerprint density at radius 3 is 2.32 bits per heavy atom. The highest BCUT2D eigenvalue weighted by Gasteiger charge is 2.33. The Morgan fingerprint density at radius 2 is 1.72 bits per heavy atom. The number of anilines is 1. The van der Waals surface area contributed by atoms with Gasteiger partial charge in [-0.1, -0.05) is 37.3 Å². The van der Waals surface area contributed by atoms with E-state index in [1.54, 1.807) is 12.1 Å². The normalized spacial score (nSPS) is 12.6. The minimum absolute atomic E-state index is 0.0755. The predicted molar refractivity (Wildman–Crippen MR) is 92.6 cm³/mol. The van der Waals surface area contributed by atoms with Gasteiger partial charge >= 0.3 is 6.18 Å². The third-order valence-electron chi connectivity index (χ3n) is 3.58. The SMILES string of the molecule is CCc1ccc(NC(=O)CS(=O)Cc2ccccc2C(F)(F)F)cc1. The zero-order valence-corrected chi connectivity index (χ0v) is 14.4. The molecule has 0 heterocycles. The summed E-state index contributed by atoms with van der Waals surface area (Å²) < 4.78 is 50.9. The molecule has 2 aromatic carbocycles. The Morgan fingerprint density at radius 1 is 1.08 bits per heavy atom. The second-order valence-corrected chi connectivity index (χ2v) is 6.94. The second-order valence-electron chi connectivity index (χ2n) is 5.48. The summed E-state index contributed by atoms with van der Waals surface area (Å²) in [7, 11) is -1.74. The lowest BCUT2D eigenvalue weighted by Gasteiger charge is -2.12. The van der Waals surface area contributed by atoms with Crippen molar-refractivity contribution in [1.82, 2.24) is 0 Å². The fourth-order valence-electron chi connectivity index (χ4n) is 2.31. The lowest BCUT2D eigenvalue weighted by molar-refractivity contribution is -0.138. The Balaban J connectivity index is 1.97. The van der Waals surface area contributed by atoms with Crippen molar-refractivity contribution in [2.45, 2.75) is 25.3 Å². The molecule has 2 rings (SSSR count). The number of carbonyl (C=O) groups excluding carboxylic acids is 1. The Kier molecular flexibility index (Phi) is 6.36. The van der Waals surface area contributed by atoms with Crippen LogP contribution in [0.1, 0.15) is 23.6 Å². The maximum absolute atomic E-state index is 12.9. The van der Waals surface area contributed by atoms with Crippen LogP contribution in [0.2, 0.25) is 0 Å². The van der Waals surface area contributed by atoms with Gasteiger partial charge in [0.05, 0.1) is 5.56 Å². The van der Waals surface area contributed by atoms with Gasteiger partial charge in [0.2, 0.25) is 5.91 Å². The minimum Gasteiger partial charge on any atom is -0.325 e. The van der Waals surface area contributed by atoms with Gasteiger partial charge in [-0.2, -0.15) is 13.2 Å². The summed E-state index contributed by atoms with van der Waals surface area (Å²) in [6.45, 7) is 2.01. The first kappa shape index (κ1) is 19.2. The van der Waals surface area contributed by atoms with Crippen LogP contribution < -0.4 is 5.32 Å². The maximum atomic E-state index is 12.9. The van der Waals surface area contributed by atoms with Gasteiger partial charge in [-0.05, 0) is 35.7 Å². The molecule has 0 fully saturated rings. The lowest BCUT2D eigenvalue weighted by Crippen LogP contribution is -2.21. The zero-order valence-electron chi connectivity index (χ0n) is 13.6. The molecule has 134 valence electrons. The van der Waals surface area contributed by atoms with E-state index in [1.165, 1.54) is 18.2 Å². The quantitative estimate of drug-likeness (QED) is 0.831. The van der Waals surface area contributed by atoms with E-state index in [1.807, 2.05) is 19.1 Å². The monoisotopic (exact) mass is 369 g/mol. The van der Waals surface area contributed by atoms with Crippen molar-refractivity contribution in [1.29, 1.82) is 0 Å². The van der Waals surface area contributed by atoms with Crippen molar-refractivity contribution in [2.75, 3.05) is 11.1 Å². The van der Waals surface area contributed by atoms with Gasteiger partial charge in [0.15, 0.2) is 0 Å². The highest BCUT2D eigenvalue weighted by molar-refractivity contribution is 7.84. The van der Waals surface area contributed by atoms with Crippen LogP contribution in [0.3, 0.4) is 0 Å². The van der Waals surface area contributed by atoms with E-state index in [2.05, 4.69) is 5.32 Å². The molecule has 0 aliphatic carbocycles. The van der Waals surface area contributed by atoms with Gasteiger partial charge in [0.1, 0.15) is 5.75 Å². The van der Waals surface area contributed by atoms with Crippen LogP contribution in [0.4, 0.5) is 18.9 Å². The third kappa shape index (κ3) is 5.70. The summed E-state index contributed by atoms with van der Waals surface area (Å²) >= 11 is 0. The van der Waals surface area contributed by atoms with E-state index in [-0.39, 0.29) is 17.1 Å². The molecule has 0 radical (unpaired) electrons. The largest absolute Gasteiger partial charge is 0.416 e. The standard InChI is InChI=1S/C18H18F3NO2S/c1-2-13-7-9-15(10-8-13)22-17(23)12-25(24)11-14-5-3-4-6-16(14)18(19,20)21/h3-10H,2,11-12H2,1H3,(H,22,23). The van der Waals surface area contributed by atoms with E-state index >= 15 is 0 Å². The molecule has 25 heavy (non-hydrogen) atoms. The van der Waals surface area contributed by atoms with E-state index < -0.39 is 28.4 Å². The van der Waals surface area contributed by atoms with Crippen LogP contribution in [0.15, 0.2) is 48.5 Å². The molecule has 0 aliphatic rings. The molecule has 0 spiro atoms. The molecule has 3 nitrogen and oxygen atoms in total. The molecule has 0 saturated carbocycles. The van der Waals surface area contributed by atoms with Crippen LogP contribution in [-0.2, 0) is 33.9 Å². The number of benzene rings is 2. The molecule has 0 bridgehead atoms. The summed E-state index contributed by atoms with van der Waals surface area (Å²) in [4.78, 5) is 11.9. The maximum Gasteiger partial charge on any atom is 0.416 e. The van der Waals surface area contributed by atoms with E-state index in [4.69, 9.17) is 0 Å². The number of amides is 1. The fraction of sp³-hybridized carbons (Fsp3) is 0.278. The van der Waals surface area contributed by atoms with Gasteiger partial charge in [0.25, 0.3) is 0 Å². The number of carbonyl (C=O) groups is 1. The first-order chi connectivity index (χ1) is 11.8. The Bertz CT molecular complexity index is 758. The van der Waals surface area contributed by atoms with E-state index in [0.29, 0.717) is 5.69 Å². The highest BCUT2D eigenvalue weighted by atomic mass is 32.2. The molecule has 0 saturated heterocycles. The molecule has 1 atom stereocenters. The molecule has 2 aromatic rings. The predicted octanol–water partition coefficient (Wildman–Crippen LogP) is 4.16. The fourth-order valence-corrected chi connectivity index (χ4v) is 3.38. The first-order valence-corrected chi connectivity index (χ1v) is 9.17. The number of aryl methyl sites for hydroxylation is 1. The van der Waals surface area contributed by atoms with Crippen molar-refractivity contribution >= 4 is 22.4 Å². The van der Waals surface area contributed by atoms with Crippen LogP contribution in [-0.4, -0.2) is 15.9 Å². The molecular formula is C18H18F3NO2S. The summed E-state index contributed by atoms with van der Waals surface area (Å²) in [5, 5.41) is 2.60. The molecule has 7 heteroatoms. The van der Waals surface area contributed by atoms with Crippen molar-refractivity contribution in [3.8, 4) is 0 Å². The van der Waals surface area contributed by atoms with Gasteiger partial charge < -0.3 is 5.32 Å². The molecule has 0 aliphatic heterocycles. The number of hydrogen-bond donors (Lipinski definition) is 1. The van der Waals surface area contributed by atoms with Gasteiger partial charge in [-0.15, -0.1) is 0 Å². The summed E-state index contributed by atoms with van der Waals surface area (Å²) in [5.74, 6) is -1.17. The van der Waals surface area contributed by atoms with Gasteiger partial charge in [-0.3, -0.25) is 9.00 Å². The molecule has 1 unspecified atom stereocenters. The lowest BCUT2D eigenvalue weighted by atomic mass is 10.1. The summed E-state index contributed by atoms with van der Waals surface area (Å²) in [6.07, 6.45) is -3.64. The van der Waals surface area contributed by atoms with Crippen molar-refractivity contribution in [3.05, 3.63) is 65.2 Å². The highest BCUT2D eigenvalue weighted by Crippen LogP contribution is 2.32. The van der Waals surface area contributed by atoms with E-state index in [9.17, 15) is 22.2 Å². The van der Waals surface area contributed by atoms with Crippen LogP contribution in [0.25, 0.3) is 0 Å². The average Bonchev–Trinajstić information content (AvgIpc) is 2.54. The molecule has 0 aromatic heterocycles. The van der Waals surface area contributed by atoms with Crippen molar-refractivity contribution in [2.24, 2.45) is 0 Å². The Labute approximate surface area is 146 Å². The van der Waals surface area contributed by atoms with Gasteiger partial charge in [-0.25, -0.2) is 0 Å². The number of rotatable bonds is 6. The smallest absolute Gasteiger partial charge is 0.325 e. The van der Waals surface area contributed by atoms with E-state index in [0.717, 1.165) is 18.1 Å². The third-order valence-corrected chi connectivity index (χ3v) is 4.79. The second kappa shape index (κ2) is 8.29. The number of hydrogen-bond acceptors (Lipinski definition) is 2. The van der Waals surface area contributed by atoms with Crippen LogP contribution in [0.5, 0.6) is 0 Å².